The molecule has 9 aromatic carbocycles. The standard InChI is InChI=1S/C52H30N4O/c1-53-46-29-28-38(39-16-8-9-17-42(39)46)33-22-20-32(21-23-33)36-24-26-40-41-27-25-37(31-45(41)49-48(44(40)30-36)43-18-10-11-19-47(43)57-49)52-55-50(34-12-4-2-5-13-34)54-51(56-52)35-14-6-3-7-15-35/h2-31H. The lowest BCUT2D eigenvalue weighted by atomic mass is 9.92. The van der Waals surface area contributed by atoms with Crippen LogP contribution in [-0.4, -0.2) is 15.0 Å². The second kappa shape index (κ2) is 13.1. The highest BCUT2D eigenvalue weighted by atomic mass is 16.3. The van der Waals surface area contributed by atoms with Crippen LogP contribution in [0.3, 0.4) is 0 Å². The summed E-state index contributed by atoms with van der Waals surface area (Å²) in [5.41, 5.74) is 9.57. The van der Waals surface area contributed by atoms with Crippen molar-refractivity contribution in [3.05, 3.63) is 193 Å². The van der Waals surface area contributed by atoms with E-state index in [1.807, 2.05) is 97.1 Å². The van der Waals surface area contributed by atoms with Crippen LogP contribution in [0.2, 0.25) is 0 Å². The van der Waals surface area contributed by atoms with E-state index in [0.717, 1.165) is 93.2 Å². The van der Waals surface area contributed by atoms with Crippen molar-refractivity contribution < 1.29 is 4.42 Å². The second-order valence-corrected chi connectivity index (χ2v) is 14.2. The summed E-state index contributed by atoms with van der Waals surface area (Å²) in [6.07, 6.45) is 0. The Kier molecular flexibility index (Phi) is 7.48. The molecule has 0 N–H and O–H groups in total. The molecule has 0 fully saturated rings. The van der Waals surface area contributed by atoms with Crippen molar-refractivity contribution >= 4 is 59.9 Å². The molecule has 11 aromatic rings. The number of rotatable bonds is 5. The third-order valence-corrected chi connectivity index (χ3v) is 10.9. The summed E-state index contributed by atoms with van der Waals surface area (Å²) in [6, 6.07) is 62.4. The van der Waals surface area contributed by atoms with E-state index in [1.54, 1.807) is 0 Å². The molecule has 0 aliphatic rings. The Bertz CT molecular complexity index is 3340. The molecule has 11 rings (SSSR count). The van der Waals surface area contributed by atoms with Gasteiger partial charge >= 0.3 is 0 Å². The molecule has 0 spiro atoms. The lowest BCUT2D eigenvalue weighted by Crippen LogP contribution is -2.00. The van der Waals surface area contributed by atoms with E-state index in [0.29, 0.717) is 23.2 Å². The van der Waals surface area contributed by atoms with Crippen molar-refractivity contribution in [3.63, 3.8) is 0 Å². The largest absolute Gasteiger partial charge is 0.455 e. The summed E-state index contributed by atoms with van der Waals surface area (Å²) in [5.74, 6) is 1.85. The van der Waals surface area contributed by atoms with Crippen molar-refractivity contribution in [1.82, 2.24) is 15.0 Å². The fourth-order valence-electron chi connectivity index (χ4n) is 8.19. The average Bonchev–Trinajstić information content (AvgIpc) is 3.69. The molecule has 0 radical (unpaired) electrons. The molecule has 2 heterocycles. The average molecular weight is 727 g/mol. The van der Waals surface area contributed by atoms with Gasteiger partial charge in [-0.3, -0.25) is 0 Å². The molecular formula is C52H30N4O. The van der Waals surface area contributed by atoms with Crippen LogP contribution in [-0.2, 0) is 0 Å². The van der Waals surface area contributed by atoms with Gasteiger partial charge in [0.15, 0.2) is 23.2 Å². The maximum atomic E-state index is 7.64. The Morgan fingerprint density at radius 2 is 0.895 bits per heavy atom. The van der Waals surface area contributed by atoms with E-state index in [-0.39, 0.29) is 0 Å². The van der Waals surface area contributed by atoms with Crippen LogP contribution in [0.25, 0.3) is 116 Å². The maximum absolute atomic E-state index is 7.64. The first kappa shape index (κ1) is 32.5. The third kappa shape index (κ3) is 5.43. The van der Waals surface area contributed by atoms with Gasteiger partial charge < -0.3 is 4.42 Å². The quantitative estimate of drug-likeness (QED) is 0.131. The maximum Gasteiger partial charge on any atom is 0.194 e. The monoisotopic (exact) mass is 726 g/mol. The van der Waals surface area contributed by atoms with E-state index < -0.39 is 0 Å². The number of fused-ring (bicyclic) bond motifs is 9. The Hall–Kier alpha value is -7.94. The van der Waals surface area contributed by atoms with Crippen LogP contribution >= 0.6 is 0 Å². The van der Waals surface area contributed by atoms with Gasteiger partial charge in [-0.15, -0.1) is 0 Å². The van der Waals surface area contributed by atoms with Gasteiger partial charge in [0.1, 0.15) is 11.2 Å². The van der Waals surface area contributed by atoms with Gasteiger partial charge in [0.05, 0.1) is 6.57 Å². The van der Waals surface area contributed by atoms with E-state index >= 15 is 0 Å². The number of furan rings is 1. The molecule has 0 atom stereocenters. The zero-order valence-electron chi connectivity index (χ0n) is 30.5. The fourth-order valence-corrected chi connectivity index (χ4v) is 8.19. The molecule has 5 heteroatoms. The predicted octanol–water partition coefficient (Wildman–Crippen LogP) is 14.1. The SMILES string of the molecule is [C-]#[N+]c1ccc(-c2ccc(-c3ccc4c5ccc(-c6nc(-c7ccccc7)nc(-c7ccccc7)n6)cc5c5oc6ccccc6c5c4c3)cc2)c2ccccc12. The van der Waals surface area contributed by atoms with Crippen LogP contribution < -0.4 is 0 Å². The summed E-state index contributed by atoms with van der Waals surface area (Å²) < 4.78 is 6.74. The first-order chi connectivity index (χ1) is 28.2. The van der Waals surface area contributed by atoms with Crippen molar-refractivity contribution in [2.45, 2.75) is 0 Å². The molecule has 0 unspecified atom stereocenters. The Labute approximate surface area is 328 Å². The van der Waals surface area contributed by atoms with Gasteiger partial charge in [0, 0.05) is 32.8 Å². The molecule has 264 valence electrons. The Morgan fingerprint density at radius 3 is 1.58 bits per heavy atom. The lowest BCUT2D eigenvalue weighted by molar-refractivity contribution is 0.673. The van der Waals surface area contributed by atoms with E-state index in [4.69, 9.17) is 25.9 Å². The van der Waals surface area contributed by atoms with Crippen molar-refractivity contribution in [3.8, 4) is 56.4 Å². The normalized spacial score (nSPS) is 11.5. The predicted molar refractivity (Wildman–Crippen MR) is 233 cm³/mol. The molecule has 57 heavy (non-hydrogen) atoms. The number of nitrogens with zero attached hydrogens (tertiary/aromatic N) is 4. The minimum absolute atomic E-state index is 0.600. The van der Waals surface area contributed by atoms with E-state index in [9.17, 15) is 0 Å². The van der Waals surface area contributed by atoms with Gasteiger partial charge in [-0.25, -0.2) is 19.8 Å². The Morgan fingerprint density at radius 1 is 0.368 bits per heavy atom. The van der Waals surface area contributed by atoms with Crippen LogP contribution in [0.1, 0.15) is 0 Å². The first-order valence-corrected chi connectivity index (χ1v) is 18.9. The van der Waals surface area contributed by atoms with Gasteiger partial charge in [0.25, 0.3) is 0 Å². The number of hydrogen-bond acceptors (Lipinski definition) is 4. The topological polar surface area (TPSA) is 56.2 Å². The number of benzene rings is 9. The van der Waals surface area contributed by atoms with Crippen LogP contribution in [0, 0.1) is 6.57 Å². The molecule has 5 nitrogen and oxygen atoms in total. The molecule has 0 amide bonds. The van der Waals surface area contributed by atoms with E-state index in [1.165, 1.54) is 0 Å². The molecule has 2 aromatic heterocycles. The summed E-state index contributed by atoms with van der Waals surface area (Å²) >= 11 is 0. The van der Waals surface area contributed by atoms with Crippen molar-refractivity contribution in [2.75, 3.05) is 0 Å². The van der Waals surface area contributed by atoms with Crippen molar-refractivity contribution in [2.24, 2.45) is 0 Å². The molecule has 0 saturated heterocycles. The van der Waals surface area contributed by atoms with Crippen LogP contribution in [0.4, 0.5) is 5.69 Å². The summed E-state index contributed by atoms with van der Waals surface area (Å²) in [7, 11) is 0. The minimum atomic E-state index is 0.600. The third-order valence-electron chi connectivity index (χ3n) is 10.9. The molecular weight excluding hydrogens is 697 g/mol. The second-order valence-electron chi connectivity index (χ2n) is 14.2. The summed E-state index contributed by atoms with van der Waals surface area (Å²) in [5, 5.41) is 8.59. The highest BCUT2D eigenvalue weighted by Crippen LogP contribution is 2.43. The summed E-state index contributed by atoms with van der Waals surface area (Å²) in [4.78, 5) is 18.7. The summed E-state index contributed by atoms with van der Waals surface area (Å²) in [6.45, 7) is 7.64. The van der Waals surface area contributed by atoms with Gasteiger partial charge in [-0.2, -0.15) is 0 Å². The van der Waals surface area contributed by atoms with Crippen LogP contribution in [0.15, 0.2) is 186 Å². The molecule has 0 bridgehead atoms. The molecule has 0 aliphatic carbocycles. The Balaban J connectivity index is 1.07. The molecule has 0 saturated carbocycles. The number of aromatic nitrogens is 3. The minimum Gasteiger partial charge on any atom is -0.455 e. The van der Waals surface area contributed by atoms with Crippen molar-refractivity contribution in [1.29, 1.82) is 0 Å². The highest BCUT2D eigenvalue weighted by Gasteiger charge is 2.19. The van der Waals surface area contributed by atoms with Gasteiger partial charge in [-0.1, -0.05) is 164 Å². The van der Waals surface area contributed by atoms with Gasteiger partial charge in [-0.05, 0) is 67.4 Å². The molecule has 0 aliphatic heterocycles. The first-order valence-electron chi connectivity index (χ1n) is 18.9. The van der Waals surface area contributed by atoms with E-state index in [2.05, 4.69) is 89.8 Å². The van der Waals surface area contributed by atoms with Gasteiger partial charge in [0.2, 0.25) is 0 Å². The highest BCUT2D eigenvalue weighted by molar-refractivity contribution is 6.30. The number of hydrogen-bond donors (Lipinski definition) is 0. The fraction of sp³-hybridized carbons (Fsp3) is 0. The number of para-hydroxylation sites is 1. The zero-order valence-corrected chi connectivity index (χ0v) is 30.5. The smallest absolute Gasteiger partial charge is 0.194 e. The lowest BCUT2D eigenvalue weighted by Gasteiger charge is -2.12. The zero-order chi connectivity index (χ0) is 37.9. The van der Waals surface area contributed by atoms with Crippen LogP contribution in [0.5, 0.6) is 0 Å².